The van der Waals surface area contributed by atoms with Crippen LogP contribution in [0.25, 0.3) is 9.69 Å². The summed E-state index contributed by atoms with van der Waals surface area (Å²) < 4.78 is 21.0. The zero-order chi connectivity index (χ0) is 18.8. The summed E-state index contributed by atoms with van der Waals surface area (Å²) in [5.74, 6) is 0.971. The molecule has 0 bridgehead atoms. The Morgan fingerprint density at radius 2 is 1.50 bits per heavy atom. The highest BCUT2D eigenvalue weighted by Crippen LogP contribution is 2.31. The van der Waals surface area contributed by atoms with E-state index in [1.807, 2.05) is 6.92 Å². The molecule has 0 saturated carbocycles. The molecule has 130 valence electrons. The molecule has 26 heavy (non-hydrogen) atoms. The Labute approximate surface area is 151 Å². The van der Waals surface area contributed by atoms with Crippen molar-refractivity contribution in [2.24, 2.45) is 0 Å². The summed E-state index contributed by atoms with van der Waals surface area (Å²) in [4.78, 5) is 6.52. The molecule has 0 aromatic heterocycles. The largest absolute Gasteiger partial charge is 0.469 e. The van der Waals surface area contributed by atoms with E-state index in [1.165, 1.54) is 12.1 Å². The van der Waals surface area contributed by atoms with Crippen molar-refractivity contribution in [1.82, 2.24) is 0 Å². The quantitative estimate of drug-likeness (QED) is 0.403. The van der Waals surface area contributed by atoms with E-state index >= 15 is 0 Å². The minimum atomic E-state index is -0.0715. The van der Waals surface area contributed by atoms with Crippen LogP contribution in [0.15, 0.2) is 36.4 Å². The fourth-order valence-electron chi connectivity index (χ4n) is 1.93. The summed E-state index contributed by atoms with van der Waals surface area (Å²) in [5.41, 5.74) is 1.95. The van der Waals surface area contributed by atoms with Crippen molar-refractivity contribution < 1.29 is 18.9 Å². The fourth-order valence-corrected chi connectivity index (χ4v) is 1.93. The Morgan fingerprint density at radius 3 is 2.12 bits per heavy atom. The monoisotopic (exact) mass is 349 g/mol. The van der Waals surface area contributed by atoms with Gasteiger partial charge in [0.15, 0.2) is 31.8 Å². The summed E-state index contributed by atoms with van der Waals surface area (Å²) in [6.45, 7) is 15.7. The van der Waals surface area contributed by atoms with Crippen molar-refractivity contribution in [3.63, 3.8) is 0 Å². The van der Waals surface area contributed by atoms with Crippen LogP contribution in [0.5, 0.6) is 11.5 Å². The van der Waals surface area contributed by atoms with Gasteiger partial charge in [0.2, 0.25) is 0 Å². The number of nitriles is 1. The smallest absolute Gasteiger partial charge is 0.198 e. The second-order valence-corrected chi connectivity index (χ2v) is 5.01. The van der Waals surface area contributed by atoms with Crippen LogP contribution in [0.4, 0.5) is 11.4 Å². The summed E-state index contributed by atoms with van der Waals surface area (Å²) in [6.07, 6.45) is 0. The Morgan fingerprint density at radius 1 is 0.885 bits per heavy atom. The van der Waals surface area contributed by atoms with Gasteiger partial charge in [0.05, 0.1) is 24.8 Å². The molecule has 2 aromatic carbocycles. The number of benzene rings is 2. The van der Waals surface area contributed by atoms with Gasteiger partial charge in [-0.05, 0) is 36.8 Å². The molecule has 0 fully saturated rings. The highest BCUT2D eigenvalue weighted by molar-refractivity contribution is 5.72. The Hall–Kier alpha value is -3.57. The van der Waals surface area contributed by atoms with Gasteiger partial charge in [0.25, 0.3) is 0 Å². The molecule has 2 aromatic rings. The average molecular weight is 349 g/mol. The number of rotatable bonds is 8. The molecule has 7 nitrogen and oxygen atoms in total. The molecule has 0 spiro atoms. The van der Waals surface area contributed by atoms with E-state index in [9.17, 15) is 0 Å². The maximum Gasteiger partial charge on any atom is 0.198 e. The van der Waals surface area contributed by atoms with Crippen molar-refractivity contribution in [3.8, 4) is 17.6 Å². The summed E-state index contributed by atoms with van der Waals surface area (Å²) in [6, 6.07) is 11.9. The maximum absolute atomic E-state index is 8.97. The van der Waals surface area contributed by atoms with Crippen molar-refractivity contribution >= 4 is 11.4 Å². The molecule has 0 amide bonds. The first-order valence-electron chi connectivity index (χ1n) is 7.48. The molecule has 0 radical (unpaired) electrons. The fraction of sp³-hybridized carbons (Fsp3) is 0.211. The summed E-state index contributed by atoms with van der Waals surface area (Å²) in [7, 11) is 0. The van der Waals surface area contributed by atoms with Crippen LogP contribution in [0.2, 0.25) is 0 Å². The number of ether oxygens (including phenoxy) is 4. The van der Waals surface area contributed by atoms with Crippen LogP contribution >= 0.6 is 0 Å². The molecule has 0 saturated heterocycles. The maximum atomic E-state index is 8.97. The molecule has 0 heterocycles. The van der Waals surface area contributed by atoms with E-state index in [0.29, 0.717) is 17.1 Å². The van der Waals surface area contributed by atoms with Gasteiger partial charge in [-0.1, -0.05) is 12.1 Å². The zero-order valence-electron chi connectivity index (χ0n) is 14.1. The average Bonchev–Trinajstić information content (AvgIpc) is 2.68. The number of aryl methyl sites for hydroxylation is 1. The second-order valence-electron chi connectivity index (χ2n) is 5.01. The third-order valence-electron chi connectivity index (χ3n) is 3.30. The van der Waals surface area contributed by atoms with Gasteiger partial charge in [-0.15, -0.1) is 0 Å². The van der Waals surface area contributed by atoms with Gasteiger partial charge < -0.3 is 18.9 Å². The van der Waals surface area contributed by atoms with E-state index in [0.717, 1.165) is 5.56 Å². The SMILES string of the molecule is [C-]#[N+]c1ccc(OCOCOCOc2ccc(C)c(C#N)c2)cc1[N+]#[C-]. The third kappa shape index (κ3) is 5.22. The predicted octanol–water partition coefficient (Wildman–Crippen LogP) is 4.33. The summed E-state index contributed by atoms with van der Waals surface area (Å²) >= 11 is 0. The molecular weight excluding hydrogens is 334 g/mol. The van der Waals surface area contributed by atoms with Crippen LogP contribution < -0.4 is 9.47 Å². The standard InChI is InChI=1S/C19H15N3O4/c1-14-4-5-16(8-15(14)10-20)25-12-23-11-24-13-26-17-6-7-18(21-2)19(9-17)22-3/h4-9H,11-13H2,1H3. The molecule has 0 aliphatic rings. The lowest BCUT2D eigenvalue weighted by Crippen LogP contribution is -2.10. The van der Waals surface area contributed by atoms with Gasteiger partial charge in [-0.25, -0.2) is 4.85 Å². The van der Waals surface area contributed by atoms with Crippen LogP contribution in [0.1, 0.15) is 11.1 Å². The van der Waals surface area contributed by atoms with Crippen molar-refractivity contribution in [3.05, 3.63) is 70.4 Å². The first-order valence-corrected chi connectivity index (χ1v) is 7.48. The number of nitrogens with zero attached hydrogens (tertiary/aromatic N) is 3. The first-order chi connectivity index (χ1) is 12.7. The third-order valence-corrected chi connectivity index (χ3v) is 3.30. The van der Waals surface area contributed by atoms with Crippen molar-refractivity contribution in [2.75, 3.05) is 20.4 Å². The Bertz CT molecular complexity index is 891. The topological polar surface area (TPSA) is 69.4 Å². The Kier molecular flexibility index (Phi) is 6.97. The summed E-state index contributed by atoms with van der Waals surface area (Å²) in [5, 5.41) is 8.97. The predicted molar refractivity (Wildman–Crippen MR) is 92.9 cm³/mol. The van der Waals surface area contributed by atoms with Gasteiger partial charge in [0.1, 0.15) is 11.5 Å². The zero-order valence-corrected chi connectivity index (χ0v) is 14.1. The molecule has 0 aliphatic carbocycles. The number of hydrogen-bond donors (Lipinski definition) is 0. The normalized spacial score (nSPS) is 9.62. The van der Waals surface area contributed by atoms with Crippen molar-refractivity contribution in [1.29, 1.82) is 5.26 Å². The van der Waals surface area contributed by atoms with E-state index in [2.05, 4.69) is 15.8 Å². The van der Waals surface area contributed by atoms with Gasteiger partial charge in [-0.3, -0.25) is 4.85 Å². The molecule has 7 heteroatoms. The Balaban J connectivity index is 1.67. The van der Waals surface area contributed by atoms with Crippen LogP contribution in [-0.4, -0.2) is 20.4 Å². The molecular formula is C19H15N3O4. The lowest BCUT2D eigenvalue weighted by Gasteiger charge is -2.10. The van der Waals surface area contributed by atoms with E-state index in [1.54, 1.807) is 24.3 Å². The molecule has 0 atom stereocenters. The van der Waals surface area contributed by atoms with E-state index in [-0.39, 0.29) is 31.8 Å². The highest BCUT2D eigenvalue weighted by Gasteiger charge is 2.04. The second kappa shape index (κ2) is 9.66. The van der Waals surface area contributed by atoms with Gasteiger partial charge in [-0.2, -0.15) is 5.26 Å². The first kappa shape index (κ1) is 18.8. The number of hydrogen-bond acceptors (Lipinski definition) is 5. The molecule has 0 unspecified atom stereocenters. The van der Waals surface area contributed by atoms with Crippen LogP contribution in [0, 0.1) is 31.4 Å². The highest BCUT2D eigenvalue weighted by atomic mass is 16.8. The molecule has 2 rings (SSSR count). The van der Waals surface area contributed by atoms with Crippen LogP contribution in [-0.2, 0) is 9.47 Å². The lowest BCUT2D eigenvalue weighted by molar-refractivity contribution is -0.130. The van der Waals surface area contributed by atoms with Crippen LogP contribution in [0.3, 0.4) is 0 Å². The minimum absolute atomic E-state index is 0.0322. The molecule has 0 aliphatic heterocycles. The van der Waals surface area contributed by atoms with E-state index in [4.69, 9.17) is 37.4 Å². The van der Waals surface area contributed by atoms with Gasteiger partial charge >= 0.3 is 0 Å². The lowest BCUT2D eigenvalue weighted by atomic mass is 10.1. The van der Waals surface area contributed by atoms with Crippen molar-refractivity contribution in [2.45, 2.75) is 6.92 Å². The van der Waals surface area contributed by atoms with E-state index < -0.39 is 0 Å². The van der Waals surface area contributed by atoms with Gasteiger partial charge in [0, 0.05) is 0 Å². The molecule has 0 N–H and O–H groups in total. The minimum Gasteiger partial charge on any atom is -0.469 e.